The van der Waals surface area contributed by atoms with Crippen molar-refractivity contribution in [3.63, 3.8) is 0 Å². The molecule has 1 amide bonds. The molecule has 7 heteroatoms. The van der Waals surface area contributed by atoms with E-state index in [4.69, 9.17) is 4.74 Å². The van der Waals surface area contributed by atoms with Crippen LogP contribution in [0.15, 0.2) is 53.4 Å². The first-order chi connectivity index (χ1) is 11.6. The third-order valence-corrected chi connectivity index (χ3v) is 4.34. The summed E-state index contributed by atoms with van der Waals surface area (Å²) in [6, 6.07) is 13.9. The number of para-hydroxylation sites is 1. The predicted molar refractivity (Wildman–Crippen MR) is 93.5 cm³/mol. The molecule has 0 heterocycles. The number of ether oxygens (including phenoxy) is 1. The van der Waals surface area contributed by atoms with Crippen LogP contribution < -0.4 is 10.1 Å². The van der Waals surface area contributed by atoms with Crippen molar-refractivity contribution in [3.8, 4) is 5.75 Å². The number of nitro benzene ring substituents is 1. The van der Waals surface area contributed by atoms with Crippen molar-refractivity contribution in [2.75, 3.05) is 19.4 Å². The molecular weight excluding hydrogens is 328 g/mol. The summed E-state index contributed by atoms with van der Waals surface area (Å²) in [5, 5.41) is 13.4. The summed E-state index contributed by atoms with van der Waals surface area (Å²) in [7, 11) is 1.62. The predicted octanol–water partition coefficient (Wildman–Crippen LogP) is 3.05. The summed E-state index contributed by atoms with van der Waals surface area (Å²) in [4.78, 5) is 22.8. The van der Waals surface area contributed by atoms with E-state index >= 15 is 0 Å². The lowest BCUT2D eigenvalue weighted by molar-refractivity contribution is -0.384. The first kappa shape index (κ1) is 17.8. The van der Waals surface area contributed by atoms with E-state index in [1.807, 2.05) is 24.3 Å². The van der Waals surface area contributed by atoms with Gasteiger partial charge >= 0.3 is 0 Å². The van der Waals surface area contributed by atoms with Gasteiger partial charge in [-0.25, -0.2) is 0 Å². The highest BCUT2D eigenvalue weighted by Gasteiger charge is 2.07. The van der Waals surface area contributed by atoms with Crippen molar-refractivity contribution in [2.24, 2.45) is 0 Å². The van der Waals surface area contributed by atoms with Crippen LogP contribution in [0, 0.1) is 10.1 Å². The van der Waals surface area contributed by atoms with Gasteiger partial charge < -0.3 is 10.1 Å². The first-order valence-electron chi connectivity index (χ1n) is 7.36. The van der Waals surface area contributed by atoms with E-state index in [2.05, 4.69) is 5.32 Å². The number of non-ortho nitro benzene ring substituents is 1. The van der Waals surface area contributed by atoms with Gasteiger partial charge in [0.1, 0.15) is 5.75 Å². The van der Waals surface area contributed by atoms with E-state index < -0.39 is 4.92 Å². The van der Waals surface area contributed by atoms with E-state index in [1.54, 1.807) is 19.2 Å². The topological polar surface area (TPSA) is 81.5 Å². The zero-order valence-corrected chi connectivity index (χ0v) is 14.0. The van der Waals surface area contributed by atoms with Crippen LogP contribution in [0.3, 0.4) is 0 Å². The summed E-state index contributed by atoms with van der Waals surface area (Å²) in [5.74, 6) is 1.00. The molecule has 0 bridgehead atoms. The van der Waals surface area contributed by atoms with Gasteiger partial charge in [0.2, 0.25) is 5.91 Å². The van der Waals surface area contributed by atoms with Crippen molar-refractivity contribution in [1.29, 1.82) is 0 Å². The van der Waals surface area contributed by atoms with Crippen LogP contribution in [0.5, 0.6) is 5.75 Å². The van der Waals surface area contributed by atoms with Crippen molar-refractivity contribution < 1.29 is 14.5 Å². The molecule has 0 aliphatic carbocycles. The number of carbonyl (C=O) groups excluding carboxylic acids is 1. The van der Waals surface area contributed by atoms with Crippen LogP contribution in [-0.4, -0.2) is 30.2 Å². The van der Waals surface area contributed by atoms with Crippen molar-refractivity contribution in [2.45, 2.75) is 11.3 Å². The van der Waals surface area contributed by atoms with Gasteiger partial charge in [0.25, 0.3) is 5.69 Å². The Kier molecular flexibility index (Phi) is 6.62. The molecule has 2 rings (SSSR count). The third kappa shape index (κ3) is 5.27. The second-order valence-electron chi connectivity index (χ2n) is 4.95. The van der Waals surface area contributed by atoms with Gasteiger partial charge in [-0.3, -0.25) is 14.9 Å². The molecule has 0 aliphatic heterocycles. The average molecular weight is 346 g/mol. The first-order valence-corrected chi connectivity index (χ1v) is 8.34. The minimum atomic E-state index is -0.445. The van der Waals surface area contributed by atoms with Crippen LogP contribution in [0.4, 0.5) is 5.69 Å². The summed E-state index contributed by atoms with van der Waals surface area (Å²) in [6.45, 7) is 0.528. The van der Waals surface area contributed by atoms with E-state index in [-0.39, 0.29) is 17.3 Å². The van der Waals surface area contributed by atoms with E-state index in [0.717, 1.165) is 16.2 Å². The van der Waals surface area contributed by atoms with Crippen LogP contribution in [0.1, 0.15) is 5.56 Å². The smallest absolute Gasteiger partial charge is 0.269 e. The Morgan fingerprint density at radius 3 is 2.58 bits per heavy atom. The monoisotopic (exact) mass is 346 g/mol. The standard InChI is InChI=1S/C17H18N2O4S/c1-23-16-5-3-2-4-13(16)10-11-18-17(20)12-24-15-8-6-14(7-9-15)19(21)22/h2-9H,10-12H2,1H3,(H,18,20). The highest BCUT2D eigenvalue weighted by atomic mass is 32.2. The number of hydrogen-bond acceptors (Lipinski definition) is 5. The Balaban J connectivity index is 1.74. The second-order valence-corrected chi connectivity index (χ2v) is 6.00. The van der Waals surface area contributed by atoms with Gasteiger partial charge in [0, 0.05) is 23.6 Å². The number of methoxy groups -OCH3 is 1. The maximum Gasteiger partial charge on any atom is 0.269 e. The molecule has 0 saturated heterocycles. The molecule has 0 radical (unpaired) electrons. The summed E-state index contributed by atoms with van der Waals surface area (Å²) >= 11 is 1.34. The van der Waals surface area contributed by atoms with Gasteiger partial charge in [0.15, 0.2) is 0 Å². The highest BCUT2D eigenvalue weighted by molar-refractivity contribution is 8.00. The fourth-order valence-corrected chi connectivity index (χ4v) is 2.84. The van der Waals surface area contributed by atoms with Gasteiger partial charge in [-0.05, 0) is 30.2 Å². The molecule has 1 N–H and O–H groups in total. The normalized spacial score (nSPS) is 10.2. The number of thioether (sulfide) groups is 1. The van der Waals surface area contributed by atoms with Gasteiger partial charge in [-0.1, -0.05) is 18.2 Å². The lowest BCUT2D eigenvalue weighted by atomic mass is 10.1. The van der Waals surface area contributed by atoms with Crippen molar-refractivity contribution in [1.82, 2.24) is 5.32 Å². The van der Waals surface area contributed by atoms with Crippen LogP contribution in [0.25, 0.3) is 0 Å². The van der Waals surface area contributed by atoms with Gasteiger partial charge in [-0.15, -0.1) is 11.8 Å². The molecule has 24 heavy (non-hydrogen) atoms. The SMILES string of the molecule is COc1ccccc1CCNC(=O)CSc1ccc([N+](=O)[O-])cc1. The van der Waals surface area contributed by atoms with E-state index in [9.17, 15) is 14.9 Å². The average Bonchev–Trinajstić information content (AvgIpc) is 2.60. The Morgan fingerprint density at radius 1 is 1.21 bits per heavy atom. The minimum absolute atomic E-state index is 0.0422. The summed E-state index contributed by atoms with van der Waals surface area (Å²) in [6.07, 6.45) is 0.692. The van der Waals surface area contributed by atoms with E-state index in [0.29, 0.717) is 13.0 Å². The zero-order chi connectivity index (χ0) is 17.4. The van der Waals surface area contributed by atoms with Gasteiger partial charge in [-0.2, -0.15) is 0 Å². The number of nitrogens with one attached hydrogen (secondary N) is 1. The van der Waals surface area contributed by atoms with Crippen molar-refractivity contribution in [3.05, 3.63) is 64.2 Å². The lowest BCUT2D eigenvalue weighted by Gasteiger charge is -2.09. The van der Waals surface area contributed by atoms with E-state index in [1.165, 1.54) is 23.9 Å². The Bertz CT molecular complexity index is 704. The zero-order valence-electron chi connectivity index (χ0n) is 13.2. The molecule has 2 aromatic rings. The Morgan fingerprint density at radius 2 is 1.92 bits per heavy atom. The lowest BCUT2D eigenvalue weighted by Crippen LogP contribution is -2.27. The minimum Gasteiger partial charge on any atom is -0.496 e. The van der Waals surface area contributed by atoms with Crippen LogP contribution in [-0.2, 0) is 11.2 Å². The van der Waals surface area contributed by atoms with Crippen molar-refractivity contribution >= 4 is 23.4 Å². The molecule has 6 nitrogen and oxygen atoms in total. The molecule has 0 atom stereocenters. The molecule has 0 aromatic heterocycles. The molecule has 0 spiro atoms. The molecule has 0 aliphatic rings. The number of benzene rings is 2. The Hall–Kier alpha value is -2.54. The number of carbonyl (C=O) groups is 1. The fourth-order valence-electron chi connectivity index (χ4n) is 2.11. The molecule has 0 saturated carbocycles. The quantitative estimate of drug-likeness (QED) is 0.451. The molecule has 2 aromatic carbocycles. The van der Waals surface area contributed by atoms with Crippen LogP contribution in [0.2, 0.25) is 0 Å². The largest absolute Gasteiger partial charge is 0.496 e. The third-order valence-electron chi connectivity index (χ3n) is 3.33. The number of amides is 1. The molecular formula is C17H18N2O4S. The second kappa shape index (κ2) is 8.93. The molecule has 0 unspecified atom stereocenters. The van der Waals surface area contributed by atoms with Crippen LogP contribution >= 0.6 is 11.8 Å². The Labute approximate surface area is 144 Å². The molecule has 0 fully saturated rings. The maximum absolute atomic E-state index is 11.9. The maximum atomic E-state index is 11.9. The number of rotatable bonds is 8. The van der Waals surface area contributed by atoms with Gasteiger partial charge in [0.05, 0.1) is 17.8 Å². The summed E-state index contributed by atoms with van der Waals surface area (Å²) < 4.78 is 5.27. The highest BCUT2D eigenvalue weighted by Crippen LogP contribution is 2.21. The molecule has 126 valence electrons. The number of nitro groups is 1. The number of nitrogens with zero attached hydrogens (tertiary/aromatic N) is 1. The summed E-state index contributed by atoms with van der Waals surface area (Å²) in [5.41, 5.74) is 1.09. The fraction of sp³-hybridized carbons (Fsp3) is 0.235. The number of hydrogen-bond donors (Lipinski definition) is 1.